The third-order valence-electron chi connectivity index (χ3n) is 4.54. The first-order valence-corrected chi connectivity index (χ1v) is 9.49. The van der Waals surface area contributed by atoms with Gasteiger partial charge in [0.25, 0.3) is 11.6 Å². The van der Waals surface area contributed by atoms with E-state index in [1.54, 1.807) is 19.1 Å². The smallest absolute Gasteiger partial charge is 0.270 e. The number of hydrogen-bond donors (Lipinski definition) is 1. The lowest BCUT2D eigenvalue weighted by molar-refractivity contribution is -0.384. The molecule has 1 atom stereocenters. The molecule has 4 aromatic rings. The summed E-state index contributed by atoms with van der Waals surface area (Å²) in [6.07, 6.45) is 1.32. The molecule has 1 amide bonds. The van der Waals surface area contributed by atoms with E-state index >= 15 is 0 Å². The predicted octanol–water partition coefficient (Wildman–Crippen LogP) is 3.96. The summed E-state index contributed by atoms with van der Waals surface area (Å²) in [5.74, 6) is 0.279. The number of nitrogens with one attached hydrogen (secondary N) is 1. The molecular formula is C20H15ClN6O4. The Labute approximate surface area is 180 Å². The number of para-hydroxylation sites is 1. The van der Waals surface area contributed by atoms with Gasteiger partial charge in [0.05, 0.1) is 21.7 Å². The summed E-state index contributed by atoms with van der Waals surface area (Å²) >= 11 is 6.13. The molecule has 0 saturated carbocycles. The summed E-state index contributed by atoms with van der Waals surface area (Å²) in [6, 6.07) is 14.0. The van der Waals surface area contributed by atoms with Gasteiger partial charge in [0, 0.05) is 17.7 Å². The number of aromatic nitrogens is 3. The molecule has 1 N–H and O–H groups in total. The quantitative estimate of drug-likeness (QED) is 0.275. The number of hydrazone groups is 1. The number of nitro benzene ring substituents is 1. The zero-order valence-corrected chi connectivity index (χ0v) is 16.9. The van der Waals surface area contributed by atoms with Crippen molar-refractivity contribution in [2.45, 2.75) is 13.0 Å². The fourth-order valence-corrected chi connectivity index (χ4v) is 3.13. The molecule has 11 heteroatoms. The van der Waals surface area contributed by atoms with Gasteiger partial charge in [-0.15, -0.1) is 5.10 Å². The number of amides is 1. The maximum absolute atomic E-state index is 12.4. The average Bonchev–Trinajstić information content (AvgIpc) is 3.40. The first-order chi connectivity index (χ1) is 14.9. The van der Waals surface area contributed by atoms with Crippen LogP contribution in [0.25, 0.3) is 22.4 Å². The average molecular weight is 439 g/mol. The van der Waals surface area contributed by atoms with Crippen LogP contribution in [-0.2, 0) is 4.79 Å². The van der Waals surface area contributed by atoms with E-state index in [0.717, 1.165) is 5.52 Å². The van der Waals surface area contributed by atoms with Crippen LogP contribution in [-0.4, -0.2) is 32.0 Å². The Balaban J connectivity index is 1.45. The van der Waals surface area contributed by atoms with Gasteiger partial charge in [-0.25, -0.2) is 10.1 Å². The lowest BCUT2D eigenvalue weighted by Gasteiger charge is -2.10. The van der Waals surface area contributed by atoms with Crippen molar-refractivity contribution in [2.75, 3.05) is 0 Å². The normalized spacial score (nSPS) is 12.3. The van der Waals surface area contributed by atoms with Crippen molar-refractivity contribution in [3.8, 4) is 11.3 Å². The Kier molecular flexibility index (Phi) is 5.46. The van der Waals surface area contributed by atoms with Crippen LogP contribution >= 0.6 is 11.6 Å². The number of hydrogen-bond acceptors (Lipinski definition) is 7. The number of non-ortho nitro benzene ring substituents is 1. The number of nitro groups is 1. The number of rotatable bonds is 6. The van der Waals surface area contributed by atoms with Crippen LogP contribution in [0, 0.1) is 10.1 Å². The summed E-state index contributed by atoms with van der Waals surface area (Å²) in [7, 11) is 0. The van der Waals surface area contributed by atoms with Gasteiger partial charge in [-0.1, -0.05) is 28.9 Å². The van der Waals surface area contributed by atoms with Crippen LogP contribution < -0.4 is 5.43 Å². The van der Waals surface area contributed by atoms with E-state index in [0.29, 0.717) is 27.6 Å². The fraction of sp³-hybridized carbons (Fsp3) is 0.100. The SMILES string of the molecule is C[C@@H](C(=O)N/N=C\c1ccc(-c2cc([N+](=O)[O-])ccc2Cl)o1)n1nnc2ccccc21. The van der Waals surface area contributed by atoms with Crippen molar-refractivity contribution in [1.29, 1.82) is 0 Å². The van der Waals surface area contributed by atoms with Gasteiger partial charge in [-0.05, 0) is 37.3 Å². The molecule has 0 bridgehead atoms. The van der Waals surface area contributed by atoms with Gasteiger partial charge < -0.3 is 4.42 Å². The topological polar surface area (TPSA) is 128 Å². The van der Waals surface area contributed by atoms with E-state index in [-0.39, 0.29) is 11.6 Å². The lowest BCUT2D eigenvalue weighted by Crippen LogP contribution is -2.28. The van der Waals surface area contributed by atoms with Crippen molar-refractivity contribution in [3.05, 3.63) is 75.5 Å². The molecule has 2 heterocycles. The molecule has 0 unspecified atom stereocenters. The number of benzene rings is 2. The Hall–Kier alpha value is -4.05. The number of nitrogens with zero attached hydrogens (tertiary/aromatic N) is 5. The predicted molar refractivity (Wildman–Crippen MR) is 114 cm³/mol. The van der Waals surface area contributed by atoms with Crippen molar-refractivity contribution < 1.29 is 14.1 Å². The van der Waals surface area contributed by atoms with E-state index in [1.165, 1.54) is 29.1 Å². The van der Waals surface area contributed by atoms with Crippen LogP contribution in [0.15, 0.2) is 64.1 Å². The molecule has 2 aromatic heterocycles. The summed E-state index contributed by atoms with van der Waals surface area (Å²) in [5, 5.41) is 23.3. The van der Waals surface area contributed by atoms with Gasteiger partial charge in [0.15, 0.2) is 0 Å². The first-order valence-electron chi connectivity index (χ1n) is 9.11. The molecule has 31 heavy (non-hydrogen) atoms. The van der Waals surface area contributed by atoms with Crippen molar-refractivity contribution in [1.82, 2.24) is 20.4 Å². The second-order valence-corrected chi connectivity index (χ2v) is 6.96. The summed E-state index contributed by atoms with van der Waals surface area (Å²) < 4.78 is 7.13. The number of fused-ring (bicyclic) bond motifs is 1. The second-order valence-electron chi connectivity index (χ2n) is 6.56. The van der Waals surface area contributed by atoms with Gasteiger partial charge in [0.1, 0.15) is 23.1 Å². The van der Waals surface area contributed by atoms with E-state index in [9.17, 15) is 14.9 Å². The van der Waals surface area contributed by atoms with Gasteiger partial charge in [0.2, 0.25) is 0 Å². The molecule has 0 saturated heterocycles. The van der Waals surface area contributed by atoms with Crippen molar-refractivity contribution >= 4 is 40.4 Å². The zero-order valence-electron chi connectivity index (χ0n) is 16.1. The second kappa shape index (κ2) is 8.36. The minimum absolute atomic E-state index is 0.104. The Bertz CT molecular complexity index is 1310. The van der Waals surface area contributed by atoms with E-state index in [4.69, 9.17) is 16.0 Å². The summed E-state index contributed by atoms with van der Waals surface area (Å²) in [4.78, 5) is 22.9. The molecule has 156 valence electrons. The molecular weight excluding hydrogens is 424 g/mol. The maximum atomic E-state index is 12.4. The first kappa shape index (κ1) is 20.2. The van der Waals surface area contributed by atoms with Gasteiger partial charge in [-0.3, -0.25) is 14.9 Å². The molecule has 0 fully saturated rings. The number of carbonyl (C=O) groups is 1. The highest BCUT2D eigenvalue weighted by Crippen LogP contribution is 2.32. The molecule has 0 spiro atoms. The molecule has 2 aromatic carbocycles. The minimum Gasteiger partial charge on any atom is -0.455 e. The van der Waals surface area contributed by atoms with E-state index < -0.39 is 11.0 Å². The molecule has 0 aliphatic carbocycles. The Morgan fingerprint density at radius 3 is 2.90 bits per heavy atom. The molecule has 10 nitrogen and oxygen atoms in total. The maximum Gasteiger partial charge on any atom is 0.270 e. The zero-order chi connectivity index (χ0) is 22.0. The highest BCUT2D eigenvalue weighted by Gasteiger charge is 2.18. The van der Waals surface area contributed by atoms with Crippen LogP contribution in [0.5, 0.6) is 0 Å². The third kappa shape index (κ3) is 4.14. The van der Waals surface area contributed by atoms with Gasteiger partial charge in [-0.2, -0.15) is 5.10 Å². The van der Waals surface area contributed by atoms with Crippen molar-refractivity contribution in [2.24, 2.45) is 5.10 Å². The lowest BCUT2D eigenvalue weighted by atomic mass is 10.1. The molecule has 0 radical (unpaired) electrons. The molecule has 0 aliphatic heterocycles. The number of furan rings is 1. The van der Waals surface area contributed by atoms with E-state index in [2.05, 4.69) is 20.8 Å². The molecule has 4 rings (SSSR count). The standard InChI is InChI=1S/C20H15ClN6O4/c1-12(26-18-5-3-2-4-17(18)23-25-26)20(28)24-22-11-14-7-9-19(31-14)15-10-13(27(29)30)6-8-16(15)21/h2-12H,1H3,(H,24,28)/b22-11-/t12-/m0/s1. The minimum atomic E-state index is -0.639. The molecule has 0 aliphatic rings. The Morgan fingerprint density at radius 2 is 2.10 bits per heavy atom. The highest BCUT2D eigenvalue weighted by molar-refractivity contribution is 6.33. The monoisotopic (exact) mass is 438 g/mol. The van der Waals surface area contributed by atoms with Crippen LogP contribution in [0.1, 0.15) is 18.7 Å². The number of carbonyl (C=O) groups excluding carboxylic acids is 1. The summed E-state index contributed by atoms with van der Waals surface area (Å²) in [5.41, 5.74) is 4.14. The van der Waals surface area contributed by atoms with Gasteiger partial charge >= 0.3 is 0 Å². The van der Waals surface area contributed by atoms with Crippen LogP contribution in [0.2, 0.25) is 5.02 Å². The van der Waals surface area contributed by atoms with E-state index in [1.807, 2.05) is 24.3 Å². The number of halogens is 1. The fourth-order valence-electron chi connectivity index (χ4n) is 2.92. The highest BCUT2D eigenvalue weighted by atomic mass is 35.5. The Morgan fingerprint density at radius 1 is 1.29 bits per heavy atom. The largest absolute Gasteiger partial charge is 0.455 e. The van der Waals surface area contributed by atoms with Crippen LogP contribution in [0.3, 0.4) is 0 Å². The summed E-state index contributed by atoms with van der Waals surface area (Å²) in [6.45, 7) is 1.68. The third-order valence-corrected chi connectivity index (χ3v) is 4.87. The van der Waals surface area contributed by atoms with Crippen LogP contribution in [0.4, 0.5) is 5.69 Å². The van der Waals surface area contributed by atoms with Crippen molar-refractivity contribution in [3.63, 3.8) is 0 Å².